The molecule has 0 unspecified atom stereocenters. The third kappa shape index (κ3) is 5.54. The van der Waals surface area contributed by atoms with Crippen LogP contribution in [0.3, 0.4) is 0 Å². The number of rotatable bonds is 10. The SMILES string of the molecule is COc1cc(CNCCCOCCO)cc(Cl)c1OC. The molecule has 0 aliphatic rings. The Bertz CT molecular complexity index is 401. The van der Waals surface area contributed by atoms with Crippen LogP contribution in [0.25, 0.3) is 0 Å². The zero-order valence-electron chi connectivity index (χ0n) is 11.9. The fourth-order valence-corrected chi connectivity index (χ4v) is 2.08. The smallest absolute Gasteiger partial charge is 0.179 e. The molecule has 1 aromatic rings. The van der Waals surface area contributed by atoms with Crippen LogP contribution in [-0.4, -0.2) is 45.7 Å². The Balaban J connectivity index is 2.39. The molecule has 0 saturated carbocycles. The van der Waals surface area contributed by atoms with Crippen LogP contribution < -0.4 is 14.8 Å². The number of nitrogens with one attached hydrogen (secondary N) is 1. The van der Waals surface area contributed by atoms with Crippen molar-refractivity contribution in [2.45, 2.75) is 13.0 Å². The third-order valence-corrected chi connectivity index (χ3v) is 2.98. The molecule has 1 rings (SSSR count). The second-order valence-electron chi connectivity index (χ2n) is 4.18. The monoisotopic (exact) mass is 303 g/mol. The molecule has 0 spiro atoms. The topological polar surface area (TPSA) is 60.0 Å². The van der Waals surface area contributed by atoms with Crippen molar-refractivity contribution in [2.24, 2.45) is 0 Å². The Morgan fingerprint density at radius 3 is 2.65 bits per heavy atom. The zero-order valence-corrected chi connectivity index (χ0v) is 12.7. The maximum Gasteiger partial charge on any atom is 0.179 e. The van der Waals surface area contributed by atoms with Gasteiger partial charge in [-0.2, -0.15) is 0 Å². The molecule has 0 fully saturated rings. The molecule has 2 N–H and O–H groups in total. The Morgan fingerprint density at radius 2 is 2.00 bits per heavy atom. The number of halogens is 1. The van der Waals surface area contributed by atoms with Crippen molar-refractivity contribution in [3.63, 3.8) is 0 Å². The molecule has 0 radical (unpaired) electrons. The van der Waals surface area contributed by atoms with Gasteiger partial charge < -0.3 is 24.6 Å². The highest BCUT2D eigenvalue weighted by Crippen LogP contribution is 2.35. The van der Waals surface area contributed by atoms with Gasteiger partial charge in [0.15, 0.2) is 11.5 Å². The maximum absolute atomic E-state index is 8.56. The Kier molecular flexibility index (Phi) is 8.37. The van der Waals surface area contributed by atoms with E-state index in [-0.39, 0.29) is 6.61 Å². The summed E-state index contributed by atoms with van der Waals surface area (Å²) in [5.74, 6) is 1.18. The van der Waals surface area contributed by atoms with Crippen LogP contribution in [0.2, 0.25) is 5.02 Å². The van der Waals surface area contributed by atoms with Crippen molar-refractivity contribution < 1.29 is 19.3 Å². The molecule has 0 amide bonds. The Labute approximate surface area is 124 Å². The fourth-order valence-electron chi connectivity index (χ4n) is 1.77. The highest BCUT2D eigenvalue weighted by molar-refractivity contribution is 6.32. The van der Waals surface area contributed by atoms with Crippen LogP contribution in [0.1, 0.15) is 12.0 Å². The summed E-state index contributed by atoms with van der Waals surface area (Å²) in [6.45, 7) is 2.63. The first-order valence-electron chi connectivity index (χ1n) is 6.52. The van der Waals surface area contributed by atoms with Crippen LogP contribution in [0.15, 0.2) is 12.1 Å². The van der Waals surface area contributed by atoms with E-state index < -0.39 is 0 Å². The van der Waals surface area contributed by atoms with Gasteiger partial charge in [0, 0.05) is 13.2 Å². The van der Waals surface area contributed by atoms with E-state index in [1.54, 1.807) is 14.2 Å². The molecule has 20 heavy (non-hydrogen) atoms. The highest BCUT2D eigenvalue weighted by Gasteiger charge is 2.10. The standard InChI is InChI=1S/C14H22ClNO4/c1-18-13-9-11(8-12(15)14(13)19-2)10-16-4-3-6-20-7-5-17/h8-9,16-17H,3-7,10H2,1-2H3. The number of benzene rings is 1. The first-order chi connectivity index (χ1) is 9.72. The van der Waals surface area contributed by atoms with Crippen molar-refractivity contribution in [1.29, 1.82) is 0 Å². The van der Waals surface area contributed by atoms with Gasteiger partial charge in [0.2, 0.25) is 0 Å². The van der Waals surface area contributed by atoms with Crippen molar-refractivity contribution in [2.75, 3.05) is 40.6 Å². The van der Waals surface area contributed by atoms with Gasteiger partial charge in [0.25, 0.3) is 0 Å². The van der Waals surface area contributed by atoms with Gasteiger partial charge in [-0.3, -0.25) is 0 Å². The summed E-state index contributed by atoms with van der Waals surface area (Å²) < 4.78 is 15.6. The predicted octanol–water partition coefficient (Wildman–Crippen LogP) is 1.85. The van der Waals surface area contributed by atoms with Gasteiger partial charge in [-0.15, -0.1) is 0 Å². The van der Waals surface area contributed by atoms with Crippen LogP contribution in [0.4, 0.5) is 0 Å². The first-order valence-corrected chi connectivity index (χ1v) is 6.90. The lowest BCUT2D eigenvalue weighted by Gasteiger charge is -2.12. The maximum atomic E-state index is 8.56. The van der Waals surface area contributed by atoms with E-state index in [0.717, 1.165) is 18.5 Å². The minimum Gasteiger partial charge on any atom is -0.493 e. The van der Waals surface area contributed by atoms with E-state index in [4.69, 9.17) is 30.9 Å². The number of hydrogen-bond acceptors (Lipinski definition) is 5. The highest BCUT2D eigenvalue weighted by atomic mass is 35.5. The molecule has 0 saturated heterocycles. The number of aliphatic hydroxyl groups excluding tert-OH is 1. The normalized spacial score (nSPS) is 10.6. The van der Waals surface area contributed by atoms with Crippen molar-refractivity contribution in [3.05, 3.63) is 22.7 Å². The molecule has 114 valence electrons. The summed E-state index contributed by atoms with van der Waals surface area (Å²) >= 11 is 6.13. The summed E-state index contributed by atoms with van der Waals surface area (Å²) in [6.07, 6.45) is 0.890. The molecule has 0 aliphatic heterocycles. The third-order valence-electron chi connectivity index (χ3n) is 2.70. The Hall–Kier alpha value is -1.01. The average molecular weight is 304 g/mol. The average Bonchev–Trinajstić information content (AvgIpc) is 2.45. The lowest BCUT2D eigenvalue weighted by atomic mass is 10.2. The lowest BCUT2D eigenvalue weighted by Crippen LogP contribution is -2.17. The van der Waals surface area contributed by atoms with Gasteiger partial charge >= 0.3 is 0 Å². The number of methoxy groups -OCH3 is 2. The van der Waals surface area contributed by atoms with Crippen molar-refractivity contribution in [1.82, 2.24) is 5.32 Å². The molecule has 0 heterocycles. The van der Waals surface area contributed by atoms with E-state index in [2.05, 4.69) is 5.32 Å². The van der Waals surface area contributed by atoms with Crippen molar-refractivity contribution in [3.8, 4) is 11.5 Å². The minimum atomic E-state index is 0.0670. The largest absolute Gasteiger partial charge is 0.493 e. The second-order valence-corrected chi connectivity index (χ2v) is 4.59. The predicted molar refractivity (Wildman–Crippen MR) is 78.8 cm³/mol. The number of aliphatic hydroxyl groups is 1. The Morgan fingerprint density at radius 1 is 1.20 bits per heavy atom. The van der Waals surface area contributed by atoms with Crippen LogP contribution in [0, 0.1) is 0 Å². The molecular weight excluding hydrogens is 282 g/mol. The summed E-state index contributed by atoms with van der Waals surface area (Å²) in [6, 6.07) is 3.76. The minimum absolute atomic E-state index is 0.0670. The van der Waals surface area contributed by atoms with Gasteiger partial charge in [-0.05, 0) is 30.7 Å². The van der Waals surface area contributed by atoms with Gasteiger partial charge in [0.1, 0.15) is 0 Å². The molecule has 6 heteroatoms. The van der Waals surface area contributed by atoms with Gasteiger partial charge in [-0.25, -0.2) is 0 Å². The molecule has 0 aromatic heterocycles. The molecule has 0 aliphatic carbocycles. The number of ether oxygens (including phenoxy) is 3. The van der Waals surface area contributed by atoms with Crippen LogP contribution in [0.5, 0.6) is 11.5 Å². The van der Waals surface area contributed by atoms with E-state index in [1.165, 1.54) is 0 Å². The lowest BCUT2D eigenvalue weighted by molar-refractivity contribution is 0.0907. The fraction of sp³-hybridized carbons (Fsp3) is 0.571. The van der Waals surface area contributed by atoms with Gasteiger partial charge in [0.05, 0.1) is 32.5 Å². The molecule has 1 aromatic carbocycles. The van der Waals surface area contributed by atoms with Gasteiger partial charge in [-0.1, -0.05) is 11.6 Å². The molecule has 5 nitrogen and oxygen atoms in total. The molecular formula is C14H22ClNO4. The van der Waals surface area contributed by atoms with E-state index in [9.17, 15) is 0 Å². The summed E-state index contributed by atoms with van der Waals surface area (Å²) in [4.78, 5) is 0. The zero-order chi connectivity index (χ0) is 14.8. The van der Waals surface area contributed by atoms with Crippen molar-refractivity contribution >= 4 is 11.6 Å². The summed E-state index contributed by atoms with van der Waals surface area (Å²) in [5, 5.41) is 12.4. The van der Waals surface area contributed by atoms with Crippen LogP contribution >= 0.6 is 11.6 Å². The summed E-state index contributed by atoms with van der Waals surface area (Å²) in [7, 11) is 3.15. The van der Waals surface area contributed by atoms with Crippen LogP contribution in [-0.2, 0) is 11.3 Å². The number of hydrogen-bond donors (Lipinski definition) is 2. The molecule has 0 atom stereocenters. The second kappa shape index (κ2) is 9.83. The van der Waals surface area contributed by atoms with E-state index >= 15 is 0 Å². The quantitative estimate of drug-likeness (QED) is 0.646. The molecule has 0 bridgehead atoms. The summed E-state index contributed by atoms with van der Waals surface area (Å²) in [5.41, 5.74) is 1.03. The van der Waals surface area contributed by atoms with E-state index in [0.29, 0.717) is 36.3 Å². The first kappa shape index (κ1) is 17.0. The van der Waals surface area contributed by atoms with E-state index in [1.807, 2.05) is 12.1 Å².